The van der Waals surface area contributed by atoms with Crippen LogP contribution in [0.4, 0.5) is 0 Å². The molecule has 3 nitrogen and oxygen atoms in total. The van der Waals surface area contributed by atoms with Crippen LogP contribution in [-0.4, -0.2) is 60.8 Å². The van der Waals surface area contributed by atoms with Crippen molar-refractivity contribution in [1.29, 1.82) is 0 Å². The Labute approximate surface area is 81.3 Å². The summed E-state index contributed by atoms with van der Waals surface area (Å²) in [5.41, 5.74) is 0. The highest BCUT2D eigenvalue weighted by atomic mass is 16.3. The average molecular weight is 186 g/mol. The van der Waals surface area contributed by atoms with E-state index in [9.17, 15) is 5.11 Å². The quantitative estimate of drug-likeness (QED) is 0.688. The number of likely N-dealkylation sites (N-methyl/N-ethyl adjacent to an activating group) is 1. The molecule has 0 saturated carbocycles. The Balaban J connectivity index is 2.14. The third-order valence-corrected chi connectivity index (χ3v) is 2.69. The molecule has 13 heavy (non-hydrogen) atoms. The normalized spacial score (nSPS) is 23.3. The second-order valence-corrected chi connectivity index (χ2v) is 4.05. The summed E-state index contributed by atoms with van der Waals surface area (Å²) in [5.74, 6) is 0. The fourth-order valence-corrected chi connectivity index (χ4v) is 1.75. The summed E-state index contributed by atoms with van der Waals surface area (Å²) in [4.78, 5) is 4.70. The molecule has 0 radical (unpaired) electrons. The van der Waals surface area contributed by atoms with Crippen LogP contribution < -0.4 is 0 Å². The maximum Gasteiger partial charge on any atom is 0.0667 e. The number of nitrogens with zero attached hydrogens (tertiary/aromatic N) is 2. The van der Waals surface area contributed by atoms with Gasteiger partial charge in [-0.05, 0) is 13.5 Å². The molecule has 78 valence electrons. The monoisotopic (exact) mass is 186 g/mol. The molecule has 0 bridgehead atoms. The first kappa shape index (κ1) is 11.0. The maximum atomic E-state index is 9.61. The van der Waals surface area contributed by atoms with Gasteiger partial charge in [0.05, 0.1) is 6.10 Å². The number of rotatable bonds is 4. The molecular formula is C10H22N2O. The molecular weight excluding hydrogens is 164 g/mol. The summed E-state index contributed by atoms with van der Waals surface area (Å²) in [7, 11) is 2.15. The number of hydrogen-bond acceptors (Lipinski definition) is 3. The van der Waals surface area contributed by atoms with Crippen molar-refractivity contribution in [2.75, 3.05) is 39.8 Å². The molecule has 1 atom stereocenters. The lowest BCUT2D eigenvalue weighted by Gasteiger charge is -2.33. The molecule has 3 heteroatoms. The van der Waals surface area contributed by atoms with E-state index in [1.54, 1.807) is 0 Å². The Bertz CT molecular complexity index is 133. The fourth-order valence-electron chi connectivity index (χ4n) is 1.75. The van der Waals surface area contributed by atoms with Crippen LogP contribution in [0.15, 0.2) is 0 Å². The maximum absolute atomic E-state index is 9.61. The van der Waals surface area contributed by atoms with Gasteiger partial charge in [0.15, 0.2) is 0 Å². The molecule has 1 aliphatic rings. The van der Waals surface area contributed by atoms with Gasteiger partial charge in [0.25, 0.3) is 0 Å². The van der Waals surface area contributed by atoms with E-state index < -0.39 is 0 Å². The van der Waals surface area contributed by atoms with Gasteiger partial charge in [0.2, 0.25) is 0 Å². The Morgan fingerprint density at radius 3 is 2.38 bits per heavy atom. The van der Waals surface area contributed by atoms with Gasteiger partial charge in [0.1, 0.15) is 0 Å². The van der Waals surface area contributed by atoms with Gasteiger partial charge in [-0.3, -0.25) is 4.90 Å². The number of hydrogen-bond donors (Lipinski definition) is 1. The lowest BCUT2D eigenvalue weighted by molar-refractivity contribution is 0.0755. The number of aliphatic hydroxyl groups is 1. The SMILES string of the molecule is CCC[C@@H](O)CN1CCN(C)CC1. The van der Waals surface area contributed by atoms with Crippen LogP contribution >= 0.6 is 0 Å². The van der Waals surface area contributed by atoms with Gasteiger partial charge in [-0.25, -0.2) is 0 Å². The first-order valence-corrected chi connectivity index (χ1v) is 5.31. The van der Waals surface area contributed by atoms with Crippen LogP contribution in [0.25, 0.3) is 0 Å². The largest absolute Gasteiger partial charge is 0.392 e. The molecule has 0 aromatic carbocycles. The standard InChI is InChI=1S/C10H22N2O/c1-3-4-10(13)9-12-7-5-11(2)6-8-12/h10,13H,3-9H2,1-2H3/t10-/m1/s1. The van der Waals surface area contributed by atoms with Gasteiger partial charge >= 0.3 is 0 Å². The van der Waals surface area contributed by atoms with Crippen molar-refractivity contribution in [1.82, 2.24) is 9.80 Å². The minimum atomic E-state index is -0.117. The minimum absolute atomic E-state index is 0.117. The predicted molar refractivity (Wildman–Crippen MR) is 54.9 cm³/mol. The van der Waals surface area contributed by atoms with E-state index in [4.69, 9.17) is 0 Å². The van der Waals surface area contributed by atoms with Crippen molar-refractivity contribution in [3.8, 4) is 0 Å². The summed E-state index contributed by atoms with van der Waals surface area (Å²) in [6.45, 7) is 7.47. The van der Waals surface area contributed by atoms with Crippen LogP contribution in [0.5, 0.6) is 0 Å². The zero-order valence-electron chi connectivity index (χ0n) is 8.87. The van der Waals surface area contributed by atoms with Crippen molar-refractivity contribution in [2.45, 2.75) is 25.9 Å². The predicted octanol–water partition coefficient (Wildman–Crippen LogP) is 0.395. The molecule has 0 amide bonds. The molecule has 1 N–H and O–H groups in total. The molecule has 1 heterocycles. The van der Waals surface area contributed by atoms with Crippen molar-refractivity contribution < 1.29 is 5.11 Å². The minimum Gasteiger partial charge on any atom is -0.392 e. The molecule has 1 aliphatic heterocycles. The van der Waals surface area contributed by atoms with Gasteiger partial charge in [-0.1, -0.05) is 13.3 Å². The highest BCUT2D eigenvalue weighted by molar-refractivity contribution is 4.71. The highest BCUT2D eigenvalue weighted by Gasteiger charge is 2.15. The molecule has 1 rings (SSSR count). The Morgan fingerprint density at radius 2 is 1.85 bits per heavy atom. The number of aliphatic hydroxyl groups excluding tert-OH is 1. The third-order valence-electron chi connectivity index (χ3n) is 2.69. The Morgan fingerprint density at radius 1 is 1.23 bits per heavy atom. The zero-order chi connectivity index (χ0) is 9.68. The molecule has 0 unspecified atom stereocenters. The van der Waals surface area contributed by atoms with Crippen LogP contribution in [-0.2, 0) is 0 Å². The number of piperazine rings is 1. The van der Waals surface area contributed by atoms with Gasteiger partial charge in [-0.15, -0.1) is 0 Å². The molecule has 0 aromatic rings. The molecule has 0 aromatic heterocycles. The van der Waals surface area contributed by atoms with Crippen LogP contribution in [0, 0.1) is 0 Å². The second-order valence-electron chi connectivity index (χ2n) is 4.05. The second kappa shape index (κ2) is 5.58. The van der Waals surface area contributed by atoms with E-state index in [2.05, 4.69) is 23.8 Å². The van der Waals surface area contributed by atoms with E-state index in [1.165, 1.54) is 0 Å². The summed E-state index contributed by atoms with van der Waals surface area (Å²) < 4.78 is 0. The molecule has 1 fully saturated rings. The third kappa shape index (κ3) is 4.07. The van der Waals surface area contributed by atoms with Crippen molar-refractivity contribution in [3.63, 3.8) is 0 Å². The average Bonchev–Trinajstić information content (AvgIpc) is 2.09. The van der Waals surface area contributed by atoms with Gasteiger partial charge in [-0.2, -0.15) is 0 Å². The lowest BCUT2D eigenvalue weighted by atomic mass is 10.2. The van der Waals surface area contributed by atoms with E-state index in [-0.39, 0.29) is 6.10 Å². The van der Waals surface area contributed by atoms with E-state index >= 15 is 0 Å². The van der Waals surface area contributed by atoms with Crippen molar-refractivity contribution >= 4 is 0 Å². The lowest BCUT2D eigenvalue weighted by Crippen LogP contribution is -2.46. The summed E-state index contributed by atoms with van der Waals surface area (Å²) >= 11 is 0. The fraction of sp³-hybridized carbons (Fsp3) is 1.00. The molecule has 0 aliphatic carbocycles. The zero-order valence-corrected chi connectivity index (χ0v) is 8.87. The van der Waals surface area contributed by atoms with Gasteiger partial charge < -0.3 is 10.0 Å². The first-order valence-electron chi connectivity index (χ1n) is 5.31. The van der Waals surface area contributed by atoms with E-state index in [1.807, 2.05) is 0 Å². The smallest absolute Gasteiger partial charge is 0.0667 e. The summed E-state index contributed by atoms with van der Waals surface area (Å²) in [5, 5.41) is 9.61. The molecule has 0 spiro atoms. The number of β-amino-alcohol motifs (C(OH)–C–C–N with tert-alkyl or cyclic N) is 1. The summed E-state index contributed by atoms with van der Waals surface area (Å²) in [6.07, 6.45) is 1.90. The summed E-state index contributed by atoms with van der Waals surface area (Å²) in [6, 6.07) is 0. The molecule has 1 saturated heterocycles. The van der Waals surface area contributed by atoms with Crippen LogP contribution in [0.3, 0.4) is 0 Å². The Kier molecular flexibility index (Phi) is 4.70. The highest BCUT2D eigenvalue weighted by Crippen LogP contribution is 2.03. The van der Waals surface area contributed by atoms with Crippen LogP contribution in [0.2, 0.25) is 0 Å². The van der Waals surface area contributed by atoms with E-state index in [0.29, 0.717) is 0 Å². The first-order chi connectivity index (χ1) is 6.22. The van der Waals surface area contributed by atoms with Crippen molar-refractivity contribution in [3.05, 3.63) is 0 Å². The van der Waals surface area contributed by atoms with Gasteiger partial charge in [0, 0.05) is 32.7 Å². The van der Waals surface area contributed by atoms with Crippen molar-refractivity contribution in [2.24, 2.45) is 0 Å². The Hall–Kier alpha value is -0.120. The van der Waals surface area contributed by atoms with Crippen LogP contribution in [0.1, 0.15) is 19.8 Å². The topological polar surface area (TPSA) is 26.7 Å². The van der Waals surface area contributed by atoms with E-state index in [0.717, 1.165) is 45.6 Å².